The summed E-state index contributed by atoms with van der Waals surface area (Å²) in [4.78, 5) is 25.9. The third-order valence-corrected chi connectivity index (χ3v) is 3.59. The van der Waals surface area contributed by atoms with E-state index in [4.69, 9.17) is 14.2 Å². The maximum atomic E-state index is 12.1. The Morgan fingerprint density at radius 2 is 1.92 bits per heavy atom. The smallest absolute Gasteiger partial charge is 0.338 e. The molecule has 0 spiro atoms. The number of amides is 1. The maximum absolute atomic E-state index is 12.1. The van der Waals surface area contributed by atoms with Crippen LogP contribution in [0.15, 0.2) is 42.5 Å². The molecular weight excluding hydrogens is 324 g/mol. The molecule has 25 heavy (non-hydrogen) atoms. The lowest BCUT2D eigenvalue weighted by atomic mass is 10.2. The van der Waals surface area contributed by atoms with Gasteiger partial charge in [0.1, 0.15) is 0 Å². The summed E-state index contributed by atoms with van der Waals surface area (Å²) in [6.07, 6.45) is 0. The number of anilines is 2. The quantitative estimate of drug-likeness (QED) is 0.840. The van der Waals surface area contributed by atoms with Crippen LogP contribution in [0.3, 0.4) is 0 Å². The maximum Gasteiger partial charge on any atom is 0.338 e. The van der Waals surface area contributed by atoms with Crippen LogP contribution in [-0.2, 0) is 9.53 Å². The number of hydrogen-bond donors (Lipinski definition) is 1. The number of esters is 1. The van der Waals surface area contributed by atoms with Crippen LogP contribution in [0.5, 0.6) is 11.5 Å². The van der Waals surface area contributed by atoms with Crippen LogP contribution >= 0.6 is 0 Å². The second kappa shape index (κ2) is 7.12. The fourth-order valence-corrected chi connectivity index (χ4v) is 2.30. The van der Waals surface area contributed by atoms with Gasteiger partial charge in [-0.3, -0.25) is 4.79 Å². The zero-order chi connectivity index (χ0) is 17.8. The summed E-state index contributed by atoms with van der Waals surface area (Å²) in [5.41, 5.74) is 1.81. The van der Waals surface area contributed by atoms with E-state index in [9.17, 15) is 9.59 Å². The van der Waals surface area contributed by atoms with Crippen molar-refractivity contribution in [3.05, 3.63) is 48.0 Å². The highest BCUT2D eigenvalue weighted by Gasteiger charge is 2.15. The Kier molecular flexibility index (Phi) is 4.74. The summed E-state index contributed by atoms with van der Waals surface area (Å²) in [7, 11) is 3.76. The fourth-order valence-electron chi connectivity index (χ4n) is 2.30. The minimum absolute atomic E-state index is 0.163. The molecule has 0 saturated carbocycles. The van der Waals surface area contributed by atoms with Gasteiger partial charge in [-0.2, -0.15) is 0 Å². The van der Waals surface area contributed by atoms with Gasteiger partial charge in [0.2, 0.25) is 6.79 Å². The minimum Gasteiger partial charge on any atom is -0.454 e. The third kappa shape index (κ3) is 4.00. The molecular formula is C18H18N2O5. The van der Waals surface area contributed by atoms with E-state index < -0.39 is 11.9 Å². The molecule has 1 N–H and O–H groups in total. The van der Waals surface area contributed by atoms with E-state index in [-0.39, 0.29) is 13.4 Å². The number of ether oxygens (including phenoxy) is 3. The van der Waals surface area contributed by atoms with Crippen molar-refractivity contribution < 1.29 is 23.8 Å². The lowest BCUT2D eigenvalue weighted by molar-refractivity contribution is -0.119. The van der Waals surface area contributed by atoms with Crippen molar-refractivity contribution in [2.45, 2.75) is 0 Å². The molecule has 2 aromatic carbocycles. The molecule has 0 unspecified atom stereocenters. The van der Waals surface area contributed by atoms with Crippen LogP contribution in [0, 0.1) is 0 Å². The Morgan fingerprint density at radius 3 is 2.72 bits per heavy atom. The molecule has 7 heteroatoms. The van der Waals surface area contributed by atoms with Gasteiger partial charge >= 0.3 is 5.97 Å². The van der Waals surface area contributed by atoms with Crippen LogP contribution < -0.4 is 19.7 Å². The molecule has 1 aliphatic heterocycles. The molecule has 0 fully saturated rings. The van der Waals surface area contributed by atoms with Crippen LogP contribution in [-0.4, -0.2) is 39.4 Å². The standard InChI is InChI=1S/C18H18N2O5/c1-20(2)14-5-3-4-12(8-14)18(22)23-10-17(21)19-13-6-7-15-16(9-13)25-11-24-15/h3-9H,10-11H2,1-2H3,(H,19,21). The number of rotatable bonds is 5. The van der Waals surface area contributed by atoms with Gasteiger partial charge < -0.3 is 24.4 Å². The van der Waals surface area contributed by atoms with Gasteiger partial charge in [-0.1, -0.05) is 6.07 Å². The number of carbonyl (C=O) groups excluding carboxylic acids is 2. The fraction of sp³-hybridized carbons (Fsp3) is 0.222. The van der Waals surface area contributed by atoms with Crippen molar-refractivity contribution in [1.29, 1.82) is 0 Å². The number of fused-ring (bicyclic) bond motifs is 1. The summed E-state index contributed by atoms with van der Waals surface area (Å²) in [6, 6.07) is 12.0. The van der Waals surface area contributed by atoms with Gasteiger partial charge in [-0.25, -0.2) is 4.79 Å². The van der Waals surface area contributed by atoms with E-state index in [1.54, 1.807) is 36.4 Å². The van der Waals surface area contributed by atoms with Crippen molar-refractivity contribution in [2.24, 2.45) is 0 Å². The zero-order valence-corrected chi connectivity index (χ0v) is 13.9. The molecule has 1 heterocycles. The van der Waals surface area contributed by atoms with Crippen molar-refractivity contribution in [2.75, 3.05) is 37.7 Å². The van der Waals surface area contributed by atoms with Crippen LogP contribution in [0.2, 0.25) is 0 Å². The number of benzene rings is 2. The number of carbonyl (C=O) groups is 2. The first kappa shape index (κ1) is 16.6. The molecule has 0 aliphatic carbocycles. The van der Waals surface area contributed by atoms with Crippen LogP contribution in [0.4, 0.5) is 11.4 Å². The lowest BCUT2D eigenvalue weighted by Gasteiger charge is -2.13. The van der Waals surface area contributed by atoms with Gasteiger partial charge in [-0.05, 0) is 30.3 Å². The molecule has 1 aliphatic rings. The molecule has 130 valence electrons. The number of hydrogen-bond acceptors (Lipinski definition) is 6. The van der Waals surface area contributed by atoms with Crippen molar-refractivity contribution in [3.63, 3.8) is 0 Å². The predicted molar refractivity (Wildman–Crippen MR) is 92.2 cm³/mol. The molecule has 0 atom stereocenters. The molecule has 7 nitrogen and oxygen atoms in total. The van der Waals surface area contributed by atoms with Crippen molar-refractivity contribution >= 4 is 23.3 Å². The Balaban J connectivity index is 1.55. The highest BCUT2D eigenvalue weighted by atomic mass is 16.7. The van der Waals surface area contributed by atoms with E-state index in [0.717, 1.165) is 5.69 Å². The summed E-state index contributed by atoms with van der Waals surface area (Å²) in [6.45, 7) is -0.212. The van der Waals surface area contributed by atoms with E-state index in [0.29, 0.717) is 22.7 Å². The largest absolute Gasteiger partial charge is 0.454 e. The van der Waals surface area contributed by atoms with Crippen molar-refractivity contribution in [1.82, 2.24) is 0 Å². The Morgan fingerprint density at radius 1 is 1.12 bits per heavy atom. The Bertz CT molecular complexity index is 804. The molecule has 0 radical (unpaired) electrons. The van der Waals surface area contributed by atoms with E-state index >= 15 is 0 Å². The highest BCUT2D eigenvalue weighted by Crippen LogP contribution is 2.34. The molecule has 2 aromatic rings. The third-order valence-electron chi connectivity index (χ3n) is 3.59. The topological polar surface area (TPSA) is 77.1 Å². The highest BCUT2D eigenvalue weighted by molar-refractivity contribution is 5.96. The van der Waals surface area contributed by atoms with E-state index in [1.807, 2.05) is 25.1 Å². The molecule has 0 bridgehead atoms. The Labute approximate surface area is 145 Å². The predicted octanol–water partition coefficient (Wildman–Crippen LogP) is 2.28. The van der Waals surface area contributed by atoms with E-state index in [1.165, 1.54) is 0 Å². The average Bonchev–Trinajstić information content (AvgIpc) is 3.07. The van der Waals surface area contributed by atoms with Gasteiger partial charge in [0.15, 0.2) is 18.1 Å². The lowest BCUT2D eigenvalue weighted by Crippen LogP contribution is -2.21. The van der Waals surface area contributed by atoms with Gasteiger partial charge in [0, 0.05) is 31.5 Å². The monoisotopic (exact) mass is 342 g/mol. The summed E-state index contributed by atoms with van der Waals surface area (Å²) >= 11 is 0. The van der Waals surface area contributed by atoms with E-state index in [2.05, 4.69) is 5.32 Å². The number of nitrogens with one attached hydrogen (secondary N) is 1. The normalized spacial score (nSPS) is 11.8. The summed E-state index contributed by atoms with van der Waals surface area (Å²) in [5.74, 6) is 0.209. The minimum atomic E-state index is -0.551. The van der Waals surface area contributed by atoms with Crippen molar-refractivity contribution in [3.8, 4) is 11.5 Å². The molecule has 1 amide bonds. The first-order chi connectivity index (χ1) is 12.0. The molecule has 0 aromatic heterocycles. The SMILES string of the molecule is CN(C)c1cccc(C(=O)OCC(=O)Nc2ccc3c(c2)OCO3)c1. The second-order valence-corrected chi connectivity index (χ2v) is 5.64. The van der Waals surface area contributed by atoms with Gasteiger partial charge in [0.05, 0.1) is 5.56 Å². The summed E-state index contributed by atoms with van der Waals surface area (Å²) in [5, 5.41) is 2.65. The van der Waals surface area contributed by atoms with Crippen LogP contribution in [0.25, 0.3) is 0 Å². The molecule has 3 rings (SSSR count). The number of nitrogens with zero attached hydrogens (tertiary/aromatic N) is 1. The second-order valence-electron chi connectivity index (χ2n) is 5.64. The summed E-state index contributed by atoms with van der Waals surface area (Å²) < 4.78 is 15.5. The molecule has 0 saturated heterocycles. The first-order valence-corrected chi connectivity index (χ1v) is 7.67. The average molecular weight is 342 g/mol. The first-order valence-electron chi connectivity index (χ1n) is 7.67. The zero-order valence-electron chi connectivity index (χ0n) is 13.9. The van der Waals surface area contributed by atoms with Gasteiger partial charge in [0.25, 0.3) is 5.91 Å². The van der Waals surface area contributed by atoms with Crippen LogP contribution in [0.1, 0.15) is 10.4 Å². The van der Waals surface area contributed by atoms with Gasteiger partial charge in [-0.15, -0.1) is 0 Å². The Hall–Kier alpha value is -3.22.